The molecule has 0 aliphatic carbocycles. The Morgan fingerprint density at radius 3 is 2.56 bits per heavy atom. The molecule has 1 aliphatic rings. The van der Waals surface area contributed by atoms with Gasteiger partial charge in [0.15, 0.2) is 0 Å². The number of anilines is 1. The number of aliphatic hydroxyl groups is 1. The van der Waals surface area contributed by atoms with E-state index in [1.165, 1.54) is 10.7 Å². The van der Waals surface area contributed by atoms with E-state index < -0.39 is 13.2 Å². The number of para-hydroxylation sites is 1. The van der Waals surface area contributed by atoms with Gasteiger partial charge in [0.05, 0.1) is 17.4 Å². The standard InChI is InChI=1S/C27H28F2N6O4/c1-17-14-33(9-10-34(17)24(37)16-36)27-30-12-20(13-31-27)18-7-8-21-22(11-18)35(32(2)25(21)38)15-19-5-3-4-6-23(19)39-26(28)29/h3-8,11-13,17,26,36H,9-10,14-16H2,1-2H3/t17-/m1/s1. The van der Waals surface area contributed by atoms with E-state index in [0.717, 1.165) is 11.1 Å². The van der Waals surface area contributed by atoms with Gasteiger partial charge in [-0.05, 0) is 30.7 Å². The lowest BCUT2D eigenvalue weighted by Gasteiger charge is -2.39. The molecular weight excluding hydrogens is 510 g/mol. The highest BCUT2D eigenvalue weighted by molar-refractivity contribution is 5.84. The Labute approximate surface area is 222 Å². The van der Waals surface area contributed by atoms with Crippen molar-refractivity contribution in [1.82, 2.24) is 24.2 Å². The number of carbonyl (C=O) groups excluding carboxylic acids is 1. The molecule has 2 aromatic heterocycles. The van der Waals surface area contributed by atoms with Gasteiger partial charge in [0.1, 0.15) is 12.4 Å². The van der Waals surface area contributed by atoms with Crippen LogP contribution in [-0.4, -0.2) is 74.1 Å². The Bertz CT molecular complexity index is 1550. The fourth-order valence-corrected chi connectivity index (χ4v) is 4.98. The lowest BCUT2D eigenvalue weighted by atomic mass is 10.1. The number of ether oxygens (including phenoxy) is 1. The summed E-state index contributed by atoms with van der Waals surface area (Å²) in [5, 5.41) is 9.66. The normalized spacial score (nSPS) is 15.8. The van der Waals surface area contributed by atoms with Gasteiger partial charge >= 0.3 is 6.61 Å². The number of nitrogens with zero attached hydrogens (tertiary/aromatic N) is 6. The van der Waals surface area contributed by atoms with Crippen LogP contribution in [0.1, 0.15) is 12.5 Å². The van der Waals surface area contributed by atoms with Crippen LogP contribution in [0.5, 0.6) is 5.75 Å². The molecule has 0 radical (unpaired) electrons. The average molecular weight is 539 g/mol. The molecule has 1 fully saturated rings. The Morgan fingerprint density at radius 2 is 1.87 bits per heavy atom. The van der Waals surface area contributed by atoms with E-state index in [1.54, 1.807) is 53.3 Å². The molecule has 0 bridgehead atoms. The number of aliphatic hydroxyl groups excluding tert-OH is 1. The van der Waals surface area contributed by atoms with E-state index in [-0.39, 0.29) is 29.8 Å². The number of carbonyl (C=O) groups is 1. The fourth-order valence-electron chi connectivity index (χ4n) is 4.98. The van der Waals surface area contributed by atoms with Crippen molar-refractivity contribution in [2.45, 2.75) is 26.1 Å². The summed E-state index contributed by atoms with van der Waals surface area (Å²) in [5.41, 5.74) is 2.47. The third kappa shape index (κ3) is 5.19. The van der Waals surface area contributed by atoms with Crippen molar-refractivity contribution in [2.24, 2.45) is 7.05 Å². The molecule has 1 aliphatic heterocycles. The van der Waals surface area contributed by atoms with E-state index in [0.29, 0.717) is 42.0 Å². The Morgan fingerprint density at radius 1 is 1.13 bits per heavy atom. The molecule has 4 aromatic rings. The highest BCUT2D eigenvalue weighted by Crippen LogP contribution is 2.27. The molecule has 0 spiro atoms. The minimum atomic E-state index is -2.96. The summed E-state index contributed by atoms with van der Waals surface area (Å²) in [6, 6.07) is 11.8. The summed E-state index contributed by atoms with van der Waals surface area (Å²) in [7, 11) is 1.63. The third-order valence-electron chi connectivity index (χ3n) is 7.01. The molecule has 12 heteroatoms. The number of piperazine rings is 1. The first kappa shape index (κ1) is 26.3. The number of halogens is 2. The summed E-state index contributed by atoms with van der Waals surface area (Å²) in [6.45, 7) is 0.171. The topological polar surface area (TPSA) is 106 Å². The van der Waals surface area contributed by atoms with Crippen LogP contribution in [0.4, 0.5) is 14.7 Å². The molecular formula is C27H28F2N6O4. The molecule has 5 rings (SSSR count). The van der Waals surface area contributed by atoms with Crippen molar-refractivity contribution in [3.05, 3.63) is 70.8 Å². The van der Waals surface area contributed by atoms with Gasteiger partial charge in [0.2, 0.25) is 11.9 Å². The van der Waals surface area contributed by atoms with Gasteiger partial charge in [-0.2, -0.15) is 8.78 Å². The summed E-state index contributed by atoms with van der Waals surface area (Å²) >= 11 is 0. The lowest BCUT2D eigenvalue weighted by Crippen LogP contribution is -2.55. The molecule has 3 heterocycles. The monoisotopic (exact) mass is 538 g/mol. The number of hydrogen-bond acceptors (Lipinski definition) is 7. The predicted octanol–water partition coefficient (Wildman–Crippen LogP) is 2.48. The molecule has 1 atom stereocenters. The number of alkyl halides is 2. The molecule has 0 saturated carbocycles. The average Bonchev–Trinajstić information content (AvgIpc) is 3.17. The predicted molar refractivity (Wildman–Crippen MR) is 141 cm³/mol. The second kappa shape index (κ2) is 10.8. The Kier molecular flexibility index (Phi) is 7.29. The van der Waals surface area contributed by atoms with Gasteiger partial charge in [-0.15, -0.1) is 0 Å². The van der Waals surface area contributed by atoms with E-state index in [4.69, 9.17) is 5.11 Å². The second-order valence-corrected chi connectivity index (χ2v) is 9.42. The maximum atomic E-state index is 12.9. The molecule has 0 unspecified atom stereocenters. The van der Waals surface area contributed by atoms with Gasteiger partial charge in [-0.25, -0.2) is 9.97 Å². The molecule has 1 N–H and O–H groups in total. The minimum Gasteiger partial charge on any atom is -0.434 e. The van der Waals surface area contributed by atoms with Crippen LogP contribution in [0.3, 0.4) is 0 Å². The smallest absolute Gasteiger partial charge is 0.387 e. The highest BCUT2D eigenvalue weighted by atomic mass is 19.3. The van der Waals surface area contributed by atoms with Crippen molar-refractivity contribution >= 4 is 22.8 Å². The number of amides is 1. The molecule has 39 heavy (non-hydrogen) atoms. The molecule has 2 aromatic carbocycles. The van der Waals surface area contributed by atoms with Crippen LogP contribution in [-0.2, 0) is 18.4 Å². The van der Waals surface area contributed by atoms with Gasteiger partial charge < -0.3 is 19.6 Å². The van der Waals surface area contributed by atoms with Crippen molar-refractivity contribution in [2.75, 3.05) is 31.1 Å². The summed E-state index contributed by atoms with van der Waals surface area (Å²) in [4.78, 5) is 37.5. The van der Waals surface area contributed by atoms with Crippen molar-refractivity contribution < 1.29 is 23.4 Å². The summed E-state index contributed by atoms with van der Waals surface area (Å²) < 4.78 is 33.7. The summed E-state index contributed by atoms with van der Waals surface area (Å²) in [5.74, 6) is 0.297. The van der Waals surface area contributed by atoms with Gasteiger partial charge in [0, 0.05) is 56.2 Å². The van der Waals surface area contributed by atoms with Crippen LogP contribution < -0.4 is 15.2 Å². The minimum absolute atomic E-state index is 0.0535. The van der Waals surface area contributed by atoms with Crippen LogP contribution >= 0.6 is 0 Å². The van der Waals surface area contributed by atoms with E-state index in [1.807, 2.05) is 24.0 Å². The highest BCUT2D eigenvalue weighted by Gasteiger charge is 2.28. The maximum Gasteiger partial charge on any atom is 0.387 e. The quantitative estimate of drug-likeness (QED) is 0.385. The van der Waals surface area contributed by atoms with Crippen LogP contribution in [0.25, 0.3) is 22.0 Å². The van der Waals surface area contributed by atoms with Gasteiger partial charge in [-0.3, -0.25) is 19.0 Å². The number of rotatable bonds is 7. The maximum absolute atomic E-state index is 12.9. The number of fused-ring (bicyclic) bond motifs is 1. The van der Waals surface area contributed by atoms with Crippen LogP contribution in [0.2, 0.25) is 0 Å². The van der Waals surface area contributed by atoms with E-state index >= 15 is 0 Å². The Balaban J connectivity index is 1.42. The zero-order valence-corrected chi connectivity index (χ0v) is 21.5. The molecule has 1 amide bonds. The first-order chi connectivity index (χ1) is 18.8. The van der Waals surface area contributed by atoms with Crippen LogP contribution in [0, 0.1) is 0 Å². The number of benzene rings is 2. The Hall–Kier alpha value is -4.32. The van der Waals surface area contributed by atoms with Crippen LogP contribution in [0.15, 0.2) is 59.7 Å². The largest absolute Gasteiger partial charge is 0.434 e. The van der Waals surface area contributed by atoms with Crippen molar-refractivity contribution in [1.29, 1.82) is 0 Å². The number of aromatic nitrogens is 4. The first-order valence-electron chi connectivity index (χ1n) is 12.5. The van der Waals surface area contributed by atoms with Crippen molar-refractivity contribution in [3.63, 3.8) is 0 Å². The zero-order valence-electron chi connectivity index (χ0n) is 21.5. The molecule has 10 nitrogen and oxygen atoms in total. The van der Waals surface area contributed by atoms with E-state index in [9.17, 15) is 18.4 Å². The fraction of sp³-hybridized carbons (Fsp3) is 0.333. The lowest BCUT2D eigenvalue weighted by molar-refractivity contribution is -0.136. The van der Waals surface area contributed by atoms with E-state index in [2.05, 4.69) is 14.7 Å². The zero-order chi connectivity index (χ0) is 27.7. The van der Waals surface area contributed by atoms with Gasteiger partial charge in [-0.1, -0.05) is 24.3 Å². The number of hydrogen-bond donors (Lipinski definition) is 1. The second-order valence-electron chi connectivity index (χ2n) is 9.42. The first-order valence-corrected chi connectivity index (χ1v) is 12.5. The molecule has 204 valence electrons. The van der Waals surface area contributed by atoms with Gasteiger partial charge in [0.25, 0.3) is 5.56 Å². The summed E-state index contributed by atoms with van der Waals surface area (Å²) in [6.07, 6.45) is 3.41. The van der Waals surface area contributed by atoms with Crippen molar-refractivity contribution in [3.8, 4) is 16.9 Å². The third-order valence-corrected chi connectivity index (χ3v) is 7.01. The SMILES string of the molecule is C[C@@H]1CN(c2ncc(-c3ccc4c(=O)n(C)n(Cc5ccccc5OC(F)F)c4c3)cn2)CCN1C(=O)CO. The molecule has 1 saturated heterocycles.